The summed E-state index contributed by atoms with van der Waals surface area (Å²) in [6.07, 6.45) is 9.30. The van der Waals surface area contributed by atoms with Gasteiger partial charge in [-0.3, -0.25) is 4.68 Å². The highest BCUT2D eigenvalue weighted by atomic mass is 15.2. The Balaban J connectivity index is 1.74. The van der Waals surface area contributed by atoms with E-state index < -0.39 is 0 Å². The lowest BCUT2D eigenvalue weighted by Gasteiger charge is -2.27. The number of aryl methyl sites for hydroxylation is 2. The maximum absolute atomic E-state index is 4.19. The standard InChI is InChI=1S/C12H21N3/c1-10-3-4-11(7-13-10)5-6-12-8-14-15(2)9-12/h8-11,13H,3-7H2,1-2H3. The molecule has 0 bridgehead atoms. The molecule has 0 amide bonds. The molecule has 1 N–H and O–H groups in total. The highest BCUT2D eigenvalue weighted by Gasteiger charge is 2.17. The first-order valence-electron chi connectivity index (χ1n) is 5.95. The van der Waals surface area contributed by atoms with Crippen molar-refractivity contribution in [3.63, 3.8) is 0 Å². The Kier molecular flexibility index (Phi) is 3.41. The fraction of sp³-hybridized carbons (Fsp3) is 0.750. The second kappa shape index (κ2) is 4.79. The minimum absolute atomic E-state index is 0.722. The van der Waals surface area contributed by atoms with Gasteiger partial charge in [-0.2, -0.15) is 5.10 Å². The lowest BCUT2D eigenvalue weighted by atomic mass is 9.91. The molecule has 3 heteroatoms. The van der Waals surface area contributed by atoms with Crippen molar-refractivity contribution in [2.45, 2.75) is 38.6 Å². The molecule has 0 aliphatic carbocycles. The molecule has 15 heavy (non-hydrogen) atoms. The van der Waals surface area contributed by atoms with E-state index in [-0.39, 0.29) is 0 Å². The summed E-state index contributed by atoms with van der Waals surface area (Å²) >= 11 is 0. The van der Waals surface area contributed by atoms with Crippen LogP contribution in [0.25, 0.3) is 0 Å². The van der Waals surface area contributed by atoms with Crippen LogP contribution in [-0.2, 0) is 13.5 Å². The number of piperidine rings is 1. The van der Waals surface area contributed by atoms with Gasteiger partial charge in [0.25, 0.3) is 0 Å². The van der Waals surface area contributed by atoms with E-state index in [1.807, 2.05) is 17.9 Å². The molecular formula is C12H21N3. The van der Waals surface area contributed by atoms with Gasteiger partial charge in [0.15, 0.2) is 0 Å². The monoisotopic (exact) mass is 207 g/mol. The summed E-state index contributed by atoms with van der Waals surface area (Å²) in [5, 5.41) is 7.75. The molecule has 2 heterocycles. The average Bonchev–Trinajstić information content (AvgIpc) is 2.64. The highest BCUT2D eigenvalue weighted by Crippen LogP contribution is 2.19. The largest absolute Gasteiger partial charge is 0.314 e. The van der Waals surface area contributed by atoms with Crippen LogP contribution < -0.4 is 5.32 Å². The van der Waals surface area contributed by atoms with Crippen LogP contribution in [-0.4, -0.2) is 22.4 Å². The van der Waals surface area contributed by atoms with Crippen molar-refractivity contribution in [2.75, 3.05) is 6.54 Å². The molecular weight excluding hydrogens is 186 g/mol. The van der Waals surface area contributed by atoms with Crippen LogP contribution in [0.1, 0.15) is 31.7 Å². The zero-order valence-electron chi connectivity index (χ0n) is 9.74. The second-order valence-electron chi connectivity index (χ2n) is 4.81. The molecule has 1 saturated heterocycles. The van der Waals surface area contributed by atoms with Crippen molar-refractivity contribution in [3.8, 4) is 0 Å². The van der Waals surface area contributed by atoms with Gasteiger partial charge in [-0.05, 0) is 50.6 Å². The zero-order valence-corrected chi connectivity index (χ0v) is 9.74. The maximum Gasteiger partial charge on any atom is 0.0521 e. The maximum atomic E-state index is 4.19. The SMILES string of the molecule is CC1CCC(CCc2cnn(C)c2)CN1. The number of nitrogens with zero attached hydrogens (tertiary/aromatic N) is 2. The first-order valence-corrected chi connectivity index (χ1v) is 5.95. The minimum Gasteiger partial charge on any atom is -0.314 e. The van der Waals surface area contributed by atoms with Crippen LogP contribution in [0.5, 0.6) is 0 Å². The van der Waals surface area contributed by atoms with E-state index >= 15 is 0 Å². The Morgan fingerprint density at radius 1 is 1.53 bits per heavy atom. The van der Waals surface area contributed by atoms with Crippen LogP contribution in [0.15, 0.2) is 12.4 Å². The van der Waals surface area contributed by atoms with Gasteiger partial charge in [0, 0.05) is 19.3 Å². The van der Waals surface area contributed by atoms with E-state index in [2.05, 4.69) is 23.5 Å². The van der Waals surface area contributed by atoms with Crippen molar-refractivity contribution in [1.29, 1.82) is 0 Å². The molecule has 2 atom stereocenters. The number of hydrogen-bond donors (Lipinski definition) is 1. The Morgan fingerprint density at radius 2 is 2.40 bits per heavy atom. The topological polar surface area (TPSA) is 29.9 Å². The fourth-order valence-electron chi connectivity index (χ4n) is 2.28. The molecule has 0 saturated carbocycles. The first-order chi connectivity index (χ1) is 7.24. The number of hydrogen-bond acceptors (Lipinski definition) is 2. The summed E-state index contributed by atoms with van der Waals surface area (Å²) in [7, 11) is 1.98. The Morgan fingerprint density at radius 3 is 3.00 bits per heavy atom. The van der Waals surface area contributed by atoms with Gasteiger partial charge in [-0.25, -0.2) is 0 Å². The third-order valence-electron chi connectivity index (χ3n) is 3.36. The molecule has 2 rings (SSSR count). The summed E-state index contributed by atoms with van der Waals surface area (Å²) in [6.45, 7) is 3.47. The number of nitrogens with one attached hydrogen (secondary N) is 1. The molecule has 0 radical (unpaired) electrons. The summed E-state index contributed by atoms with van der Waals surface area (Å²) in [5.41, 5.74) is 1.37. The van der Waals surface area contributed by atoms with Crippen molar-refractivity contribution >= 4 is 0 Å². The highest BCUT2D eigenvalue weighted by molar-refractivity contribution is 5.03. The predicted molar refractivity (Wildman–Crippen MR) is 61.7 cm³/mol. The molecule has 1 aromatic heterocycles. The molecule has 2 unspecified atom stereocenters. The van der Waals surface area contributed by atoms with Crippen LogP contribution in [0, 0.1) is 5.92 Å². The van der Waals surface area contributed by atoms with E-state index in [4.69, 9.17) is 0 Å². The number of aromatic nitrogens is 2. The van der Waals surface area contributed by atoms with E-state index in [0.717, 1.165) is 12.0 Å². The second-order valence-corrected chi connectivity index (χ2v) is 4.81. The molecule has 1 fully saturated rings. The van der Waals surface area contributed by atoms with Gasteiger partial charge in [0.05, 0.1) is 6.20 Å². The molecule has 0 spiro atoms. The van der Waals surface area contributed by atoms with Crippen LogP contribution in [0.2, 0.25) is 0 Å². The number of rotatable bonds is 3. The van der Waals surface area contributed by atoms with E-state index in [0.29, 0.717) is 0 Å². The molecule has 1 aliphatic heterocycles. The third kappa shape index (κ3) is 3.06. The van der Waals surface area contributed by atoms with Gasteiger partial charge in [-0.15, -0.1) is 0 Å². The quantitative estimate of drug-likeness (QED) is 0.818. The average molecular weight is 207 g/mol. The van der Waals surface area contributed by atoms with Crippen LogP contribution in [0.4, 0.5) is 0 Å². The summed E-state index contributed by atoms with van der Waals surface area (Å²) in [5.74, 6) is 0.862. The van der Waals surface area contributed by atoms with Crippen molar-refractivity contribution in [2.24, 2.45) is 13.0 Å². The molecule has 0 aromatic carbocycles. The third-order valence-corrected chi connectivity index (χ3v) is 3.36. The Bertz CT molecular complexity index is 298. The van der Waals surface area contributed by atoms with Gasteiger partial charge in [0.1, 0.15) is 0 Å². The minimum atomic E-state index is 0.722. The van der Waals surface area contributed by atoms with Crippen molar-refractivity contribution in [3.05, 3.63) is 18.0 Å². The van der Waals surface area contributed by atoms with E-state index in [9.17, 15) is 0 Å². The molecule has 3 nitrogen and oxygen atoms in total. The van der Waals surface area contributed by atoms with Gasteiger partial charge in [0.2, 0.25) is 0 Å². The predicted octanol–water partition coefficient (Wildman–Crippen LogP) is 1.74. The Labute approximate surface area is 91.9 Å². The lowest BCUT2D eigenvalue weighted by molar-refractivity contribution is 0.309. The summed E-state index contributed by atoms with van der Waals surface area (Å²) in [4.78, 5) is 0. The van der Waals surface area contributed by atoms with Gasteiger partial charge < -0.3 is 5.32 Å². The summed E-state index contributed by atoms with van der Waals surface area (Å²) < 4.78 is 1.89. The van der Waals surface area contributed by atoms with Crippen molar-refractivity contribution in [1.82, 2.24) is 15.1 Å². The fourth-order valence-corrected chi connectivity index (χ4v) is 2.28. The zero-order chi connectivity index (χ0) is 10.7. The molecule has 1 aromatic rings. The van der Waals surface area contributed by atoms with Gasteiger partial charge in [-0.1, -0.05) is 0 Å². The van der Waals surface area contributed by atoms with Crippen LogP contribution >= 0.6 is 0 Å². The normalized spacial score (nSPS) is 26.8. The van der Waals surface area contributed by atoms with Crippen molar-refractivity contribution < 1.29 is 0 Å². The van der Waals surface area contributed by atoms with E-state index in [1.54, 1.807) is 0 Å². The summed E-state index contributed by atoms with van der Waals surface area (Å²) in [6, 6.07) is 0.722. The molecule has 1 aliphatic rings. The lowest BCUT2D eigenvalue weighted by Crippen LogP contribution is -2.36. The smallest absolute Gasteiger partial charge is 0.0521 e. The molecule has 84 valence electrons. The Hall–Kier alpha value is -0.830. The first kappa shape index (κ1) is 10.7. The van der Waals surface area contributed by atoms with Crippen LogP contribution in [0.3, 0.4) is 0 Å². The van der Waals surface area contributed by atoms with Gasteiger partial charge >= 0.3 is 0 Å². The van der Waals surface area contributed by atoms with E-state index in [1.165, 1.54) is 37.8 Å².